The SMILES string of the molecule is CCN(C(=O)Cn1nc(C)c([N+](=O)[O-])c1C)c1c(N)n(Cc2ccccc2)c(=O)[nH]c1=O. The van der Waals surface area contributed by atoms with Gasteiger partial charge in [0.2, 0.25) is 5.91 Å². The summed E-state index contributed by atoms with van der Waals surface area (Å²) >= 11 is 0. The van der Waals surface area contributed by atoms with E-state index >= 15 is 0 Å². The molecule has 12 nitrogen and oxygen atoms in total. The van der Waals surface area contributed by atoms with E-state index in [1.165, 1.54) is 23.1 Å². The molecule has 3 aromatic rings. The summed E-state index contributed by atoms with van der Waals surface area (Å²) in [5.74, 6) is -0.716. The van der Waals surface area contributed by atoms with E-state index in [0.717, 1.165) is 10.5 Å². The van der Waals surface area contributed by atoms with Crippen molar-refractivity contribution < 1.29 is 9.72 Å². The van der Waals surface area contributed by atoms with Crippen LogP contribution >= 0.6 is 0 Å². The Hall–Kier alpha value is -4.22. The Morgan fingerprint density at radius 1 is 1.25 bits per heavy atom. The topological polar surface area (TPSA) is 162 Å². The Kier molecular flexibility index (Phi) is 6.23. The van der Waals surface area contributed by atoms with Crippen molar-refractivity contribution in [3.63, 3.8) is 0 Å². The fraction of sp³-hybridized carbons (Fsp3) is 0.300. The van der Waals surface area contributed by atoms with Gasteiger partial charge in [-0.1, -0.05) is 30.3 Å². The number of nitro groups is 1. The van der Waals surface area contributed by atoms with Crippen molar-refractivity contribution in [3.05, 3.63) is 78.2 Å². The first kappa shape index (κ1) is 22.5. The molecule has 0 atom stereocenters. The largest absolute Gasteiger partial charge is 0.383 e. The molecule has 32 heavy (non-hydrogen) atoms. The number of hydrogen-bond donors (Lipinski definition) is 2. The number of carbonyl (C=O) groups excluding carboxylic acids is 1. The zero-order chi connectivity index (χ0) is 23.6. The number of aromatic nitrogens is 4. The van der Waals surface area contributed by atoms with Crippen molar-refractivity contribution >= 4 is 23.1 Å². The molecular formula is C20H23N7O5. The summed E-state index contributed by atoms with van der Waals surface area (Å²) in [5, 5.41) is 15.3. The second-order valence-corrected chi connectivity index (χ2v) is 7.14. The van der Waals surface area contributed by atoms with E-state index in [1.807, 2.05) is 6.07 Å². The average molecular weight is 441 g/mol. The molecule has 2 aromatic heterocycles. The summed E-state index contributed by atoms with van der Waals surface area (Å²) in [4.78, 5) is 52.0. The van der Waals surface area contributed by atoms with E-state index in [2.05, 4.69) is 10.1 Å². The summed E-state index contributed by atoms with van der Waals surface area (Å²) in [5.41, 5.74) is 5.52. The summed E-state index contributed by atoms with van der Waals surface area (Å²) in [7, 11) is 0. The highest BCUT2D eigenvalue weighted by Gasteiger charge is 2.27. The van der Waals surface area contributed by atoms with Gasteiger partial charge in [0, 0.05) is 6.54 Å². The zero-order valence-electron chi connectivity index (χ0n) is 17.9. The van der Waals surface area contributed by atoms with Gasteiger partial charge in [-0.25, -0.2) is 4.79 Å². The van der Waals surface area contributed by atoms with Crippen LogP contribution in [0.3, 0.4) is 0 Å². The predicted octanol–water partition coefficient (Wildman–Crippen LogP) is 0.942. The smallest absolute Gasteiger partial charge is 0.330 e. The van der Waals surface area contributed by atoms with Gasteiger partial charge in [0.25, 0.3) is 5.56 Å². The molecule has 0 aliphatic rings. The van der Waals surface area contributed by atoms with Gasteiger partial charge < -0.3 is 10.6 Å². The molecule has 3 rings (SSSR count). The van der Waals surface area contributed by atoms with Gasteiger partial charge in [-0.3, -0.25) is 33.9 Å². The third kappa shape index (κ3) is 4.15. The molecule has 0 bridgehead atoms. The number of nitrogens with two attached hydrogens (primary N) is 1. The molecule has 3 N–H and O–H groups in total. The minimum Gasteiger partial charge on any atom is -0.383 e. The highest BCUT2D eigenvalue weighted by molar-refractivity contribution is 5.95. The number of rotatable bonds is 7. The first-order valence-corrected chi connectivity index (χ1v) is 9.81. The Bertz CT molecular complexity index is 1290. The van der Waals surface area contributed by atoms with Crippen LogP contribution in [0, 0.1) is 24.0 Å². The molecule has 0 unspecified atom stereocenters. The number of aromatic amines is 1. The second kappa shape index (κ2) is 8.88. The van der Waals surface area contributed by atoms with Gasteiger partial charge in [-0.2, -0.15) is 5.10 Å². The molecule has 1 amide bonds. The van der Waals surface area contributed by atoms with Crippen LogP contribution in [-0.2, 0) is 17.9 Å². The van der Waals surface area contributed by atoms with Crippen LogP contribution in [0.4, 0.5) is 17.2 Å². The molecule has 0 saturated heterocycles. The molecule has 2 heterocycles. The normalized spacial score (nSPS) is 10.8. The van der Waals surface area contributed by atoms with Gasteiger partial charge in [-0.15, -0.1) is 0 Å². The number of aryl methyl sites for hydroxylation is 1. The van der Waals surface area contributed by atoms with Gasteiger partial charge in [0.15, 0.2) is 5.69 Å². The molecule has 0 fully saturated rings. The lowest BCUT2D eigenvalue weighted by Crippen LogP contribution is -2.42. The van der Waals surface area contributed by atoms with Crippen LogP contribution in [0.25, 0.3) is 0 Å². The summed E-state index contributed by atoms with van der Waals surface area (Å²) in [6, 6.07) is 9.04. The number of carbonyl (C=O) groups is 1. The van der Waals surface area contributed by atoms with E-state index in [-0.39, 0.29) is 48.2 Å². The molecule has 0 aliphatic heterocycles. The first-order valence-electron chi connectivity index (χ1n) is 9.81. The van der Waals surface area contributed by atoms with Crippen molar-refractivity contribution in [1.82, 2.24) is 19.3 Å². The Morgan fingerprint density at radius 3 is 2.47 bits per heavy atom. The molecule has 168 valence electrons. The summed E-state index contributed by atoms with van der Waals surface area (Å²) in [6.07, 6.45) is 0. The maximum atomic E-state index is 13.0. The minimum atomic E-state index is -0.800. The van der Waals surface area contributed by atoms with Crippen molar-refractivity contribution in [3.8, 4) is 0 Å². The Morgan fingerprint density at radius 2 is 1.91 bits per heavy atom. The molecule has 0 spiro atoms. The lowest BCUT2D eigenvalue weighted by atomic mass is 10.2. The van der Waals surface area contributed by atoms with Gasteiger partial charge >= 0.3 is 11.4 Å². The molecule has 0 aliphatic carbocycles. The van der Waals surface area contributed by atoms with E-state index in [9.17, 15) is 24.5 Å². The van der Waals surface area contributed by atoms with E-state index < -0.39 is 22.1 Å². The molecule has 0 radical (unpaired) electrons. The number of hydrogen-bond acceptors (Lipinski definition) is 7. The van der Waals surface area contributed by atoms with Gasteiger partial charge in [-0.05, 0) is 26.3 Å². The van der Waals surface area contributed by atoms with E-state index in [0.29, 0.717) is 0 Å². The summed E-state index contributed by atoms with van der Waals surface area (Å²) < 4.78 is 2.39. The molecule has 0 saturated carbocycles. The van der Waals surface area contributed by atoms with Crippen LogP contribution in [0.5, 0.6) is 0 Å². The van der Waals surface area contributed by atoms with Crippen LogP contribution in [0.2, 0.25) is 0 Å². The van der Waals surface area contributed by atoms with E-state index in [1.54, 1.807) is 31.2 Å². The van der Waals surface area contributed by atoms with Crippen molar-refractivity contribution in [2.24, 2.45) is 0 Å². The number of nitrogens with zero attached hydrogens (tertiary/aromatic N) is 5. The molecule has 12 heteroatoms. The van der Waals surface area contributed by atoms with Crippen molar-refractivity contribution in [1.29, 1.82) is 0 Å². The fourth-order valence-corrected chi connectivity index (χ4v) is 3.54. The van der Waals surface area contributed by atoms with Gasteiger partial charge in [0.05, 0.1) is 11.5 Å². The quantitative estimate of drug-likeness (QED) is 0.407. The standard InChI is InChI=1S/C20H23N7O5/c1-4-24(15(28)11-26-13(3)16(27(31)32)12(2)23-26)17-18(21)25(20(30)22-19(17)29)10-14-8-6-5-7-9-14/h5-9H,4,10-11,21H2,1-3H3,(H,22,29,30). The lowest BCUT2D eigenvalue weighted by Gasteiger charge is -2.23. The first-order chi connectivity index (χ1) is 15.1. The van der Waals surface area contributed by atoms with Crippen molar-refractivity contribution in [2.75, 3.05) is 17.2 Å². The maximum absolute atomic E-state index is 13.0. The van der Waals surface area contributed by atoms with Crippen LogP contribution < -0.4 is 21.9 Å². The number of nitrogen functional groups attached to an aromatic ring is 1. The van der Waals surface area contributed by atoms with Gasteiger partial charge in [0.1, 0.15) is 23.8 Å². The maximum Gasteiger partial charge on any atom is 0.330 e. The number of amides is 1. The highest BCUT2D eigenvalue weighted by Crippen LogP contribution is 2.23. The number of benzene rings is 1. The van der Waals surface area contributed by atoms with Crippen molar-refractivity contribution in [2.45, 2.75) is 33.9 Å². The Labute approximate surface area is 182 Å². The zero-order valence-corrected chi connectivity index (χ0v) is 17.9. The second-order valence-electron chi connectivity index (χ2n) is 7.14. The number of anilines is 2. The van der Waals surface area contributed by atoms with Crippen LogP contribution in [0.15, 0.2) is 39.9 Å². The number of likely N-dealkylation sites (N-methyl/N-ethyl adjacent to an activating group) is 1. The number of H-pyrrole nitrogens is 1. The van der Waals surface area contributed by atoms with E-state index in [4.69, 9.17) is 5.73 Å². The number of nitrogens with one attached hydrogen (secondary N) is 1. The minimum absolute atomic E-state index is 0.0804. The highest BCUT2D eigenvalue weighted by atomic mass is 16.6. The monoisotopic (exact) mass is 441 g/mol. The fourth-order valence-electron chi connectivity index (χ4n) is 3.54. The Balaban J connectivity index is 2.00. The third-order valence-corrected chi connectivity index (χ3v) is 5.10. The molecular weight excluding hydrogens is 418 g/mol. The predicted molar refractivity (Wildman–Crippen MR) is 118 cm³/mol. The van der Waals surface area contributed by atoms with Crippen LogP contribution in [-0.4, -0.2) is 36.7 Å². The summed E-state index contributed by atoms with van der Waals surface area (Å²) in [6.45, 7) is 4.45. The van der Waals surface area contributed by atoms with Crippen LogP contribution in [0.1, 0.15) is 23.9 Å². The average Bonchev–Trinajstić information content (AvgIpc) is 3.01. The lowest BCUT2D eigenvalue weighted by molar-refractivity contribution is -0.386. The third-order valence-electron chi connectivity index (χ3n) is 5.10. The molecule has 1 aromatic carbocycles.